The zero-order valence-electron chi connectivity index (χ0n) is 22.0. The molecule has 4 fully saturated rings. The summed E-state index contributed by atoms with van der Waals surface area (Å²) in [6.07, 6.45) is 5.65. The maximum absolute atomic E-state index is 13.1. The van der Waals surface area contributed by atoms with Gasteiger partial charge in [-0.1, -0.05) is 79.7 Å². The minimum absolute atomic E-state index is 0.00429. The molecule has 5 heteroatoms. The second-order valence-corrected chi connectivity index (χ2v) is 12.1. The summed E-state index contributed by atoms with van der Waals surface area (Å²) in [6, 6.07) is 19.9. The van der Waals surface area contributed by atoms with Crippen molar-refractivity contribution in [3.63, 3.8) is 0 Å². The third-order valence-electron chi connectivity index (χ3n) is 9.96. The van der Waals surface area contributed by atoms with Gasteiger partial charge in [0, 0.05) is 49.8 Å². The molecule has 1 N–H and O–H groups in total. The van der Waals surface area contributed by atoms with E-state index >= 15 is 0 Å². The number of piperazine rings is 1. The summed E-state index contributed by atoms with van der Waals surface area (Å²) in [7, 11) is 0. The third kappa shape index (κ3) is 4.35. The van der Waals surface area contributed by atoms with Gasteiger partial charge >= 0.3 is 5.97 Å². The predicted molar refractivity (Wildman–Crippen MR) is 145 cm³/mol. The van der Waals surface area contributed by atoms with Crippen molar-refractivity contribution in [3.05, 3.63) is 83.9 Å². The molecule has 196 valence electrons. The molecular formula is C32H40N2O3. The lowest BCUT2D eigenvalue weighted by molar-refractivity contribution is -0.146. The molecule has 4 aliphatic rings. The van der Waals surface area contributed by atoms with Gasteiger partial charge in [-0.25, -0.2) is 0 Å². The molecule has 0 unspecified atom stereocenters. The third-order valence-corrected chi connectivity index (χ3v) is 9.96. The Balaban J connectivity index is 1.15. The Morgan fingerprint density at radius 3 is 2.27 bits per heavy atom. The van der Waals surface area contributed by atoms with Gasteiger partial charge in [0.15, 0.2) is 5.72 Å². The first-order valence-electron chi connectivity index (χ1n) is 14.1. The number of allylic oxidation sites excluding steroid dienone is 1. The number of ether oxygens (including phenoxy) is 1. The van der Waals surface area contributed by atoms with Crippen LogP contribution in [0.5, 0.6) is 0 Å². The van der Waals surface area contributed by atoms with Crippen LogP contribution in [0.15, 0.2) is 72.8 Å². The van der Waals surface area contributed by atoms with Crippen LogP contribution >= 0.6 is 0 Å². The van der Waals surface area contributed by atoms with Gasteiger partial charge in [0.05, 0.1) is 5.92 Å². The molecular weight excluding hydrogens is 460 g/mol. The number of carbonyl (C=O) groups excluding carboxylic acids is 1. The van der Waals surface area contributed by atoms with E-state index in [1.54, 1.807) is 0 Å². The summed E-state index contributed by atoms with van der Waals surface area (Å²) in [4.78, 5) is 17.7. The fourth-order valence-corrected chi connectivity index (χ4v) is 7.87. The largest absolute Gasteiger partial charge is 0.462 e. The van der Waals surface area contributed by atoms with Crippen LogP contribution in [0.3, 0.4) is 0 Å². The highest BCUT2D eigenvalue weighted by molar-refractivity contribution is 5.75. The molecule has 2 heterocycles. The SMILES string of the molecule is C=C1CCC[C@]2(C)C[C@H]3OC(=O)[C@H](CN4CCN(C(O)(c5ccccc5)c5ccccc5)CC4)[C@H]3C[C@@H]12. The quantitative estimate of drug-likeness (QED) is 0.472. The molecule has 0 amide bonds. The lowest BCUT2D eigenvalue weighted by atomic mass is 9.55. The first-order chi connectivity index (χ1) is 17.9. The maximum atomic E-state index is 13.1. The number of fused-ring (bicyclic) bond motifs is 2. The van der Waals surface area contributed by atoms with Crippen molar-refractivity contribution in [1.82, 2.24) is 9.80 Å². The molecule has 2 saturated carbocycles. The van der Waals surface area contributed by atoms with E-state index in [0.717, 1.165) is 63.1 Å². The molecule has 2 aromatic rings. The van der Waals surface area contributed by atoms with Gasteiger partial charge in [0.25, 0.3) is 0 Å². The number of nitrogens with zero attached hydrogens (tertiary/aromatic N) is 2. The number of aliphatic hydroxyl groups is 1. The molecule has 6 rings (SSSR count). The van der Waals surface area contributed by atoms with E-state index in [2.05, 4.69) is 23.3 Å². The fraction of sp³-hybridized carbons (Fsp3) is 0.531. The molecule has 5 nitrogen and oxygen atoms in total. The topological polar surface area (TPSA) is 53.0 Å². The van der Waals surface area contributed by atoms with Crippen LogP contribution in [-0.2, 0) is 15.3 Å². The normalized spacial score (nSPS) is 33.0. The van der Waals surface area contributed by atoms with Crippen LogP contribution < -0.4 is 0 Å². The first-order valence-corrected chi connectivity index (χ1v) is 14.1. The standard InChI is InChI=1S/C32H40N2O3/c1-23-10-9-15-31(2)21-29-26(20-28(23)31)27(30(35)37-29)22-33-16-18-34(19-17-33)32(36,24-11-5-3-6-12-24)25-13-7-4-8-14-25/h3-8,11-14,26-29,36H,1,9-10,15-22H2,2H3/t26-,27-,28+,29-,31-/m1/s1. The first kappa shape index (κ1) is 24.8. The summed E-state index contributed by atoms with van der Waals surface area (Å²) in [5, 5.41) is 12.1. The lowest BCUT2D eigenvalue weighted by Gasteiger charge is -2.50. The van der Waals surface area contributed by atoms with Gasteiger partial charge in [-0.15, -0.1) is 0 Å². The monoisotopic (exact) mass is 500 g/mol. The average Bonchev–Trinajstić information content (AvgIpc) is 3.21. The van der Waals surface area contributed by atoms with E-state index in [1.807, 2.05) is 60.7 Å². The minimum Gasteiger partial charge on any atom is -0.462 e. The molecule has 2 saturated heterocycles. The average molecular weight is 501 g/mol. The van der Waals surface area contributed by atoms with Crippen LogP contribution in [0.2, 0.25) is 0 Å². The predicted octanol–water partition coefficient (Wildman–Crippen LogP) is 4.81. The van der Waals surface area contributed by atoms with Crippen molar-refractivity contribution in [1.29, 1.82) is 0 Å². The second kappa shape index (κ2) is 9.68. The number of carbonyl (C=O) groups is 1. The summed E-state index contributed by atoms with van der Waals surface area (Å²) in [5.41, 5.74) is 2.21. The van der Waals surface area contributed by atoms with Crippen LogP contribution in [0.25, 0.3) is 0 Å². The van der Waals surface area contributed by atoms with E-state index in [9.17, 15) is 9.90 Å². The smallest absolute Gasteiger partial charge is 0.310 e. The number of benzene rings is 2. The molecule has 0 bridgehead atoms. The minimum atomic E-state index is -1.18. The highest BCUT2D eigenvalue weighted by Crippen LogP contribution is 2.57. The van der Waals surface area contributed by atoms with Crippen LogP contribution in [0.4, 0.5) is 0 Å². The molecule has 2 aromatic carbocycles. The zero-order chi connectivity index (χ0) is 25.6. The van der Waals surface area contributed by atoms with E-state index in [4.69, 9.17) is 4.74 Å². The van der Waals surface area contributed by atoms with Crippen LogP contribution in [0.1, 0.15) is 50.2 Å². The van der Waals surface area contributed by atoms with Crippen molar-refractivity contribution in [3.8, 4) is 0 Å². The van der Waals surface area contributed by atoms with Gasteiger partial charge in [-0.3, -0.25) is 14.6 Å². The number of rotatable bonds is 5. The number of esters is 1. The second-order valence-electron chi connectivity index (χ2n) is 12.1. The molecule has 0 spiro atoms. The van der Waals surface area contributed by atoms with Crippen molar-refractivity contribution in [2.45, 2.75) is 50.9 Å². The Kier molecular flexibility index (Phi) is 6.50. The number of hydrogen-bond donors (Lipinski definition) is 1. The zero-order valence-corrected chi connectivity index (χ0v) is 22.0. The molecule has 0 aromatic heterocycles. The van der Waals surface area contributed by atoms with Crippen LogP contribution in [0, 0.1) is 23.2 Å². The van der Waals surface area contributed by atoms with Crippen molar-refractivity contribution in [2.75, 3.05) is 32.7 Å². The fourth-order valence-electron chi connectivity index (χ4n) is 7.87. The van der Waals surface area contributed by atoms with Gasteiger partial charge in [-0.2, -0.15) is 0 Å². The van der Waals surface area contributed by atoms with Crippen molar-refractivity contribution in [2.24, 2.45) is 23.2 Å². The van der Waals surface area contributed by atoms with Crippen LogP contribution in [-0.4, -0.2) is 59.7 Å². The van der Waals surface area contributed by atoms with Gasteiger partial charge in [-0.05, 0) is 43.4 Å². The van der Waals surface area contributed by atoms with E-state index in [1.165, 1.54) is 18.4 Å². The van der Waals surface area contributed by atoms with E-state index < -0.39 is 5.72 Å². The summed E-state index contributed by atoms with van der Waals surface area (Å²) < 4.78 is 6.01. The molecule has 37 heavy (non-hydrogen) atoms. The van der Waals surface area contributed by atoms with E-state index in [-0.39, 0.29) is 23.4 Å². The highest BCUT2D eigenvalue weighted by atomic mass is 16.6. The molecule has 2 aliphatic heterocycles. The Hall–Kier alpha value is -2.47. The summed E-state index contributed by atoms with van der Waals surface area (Å²) in [5.74, 6) is 0.750. The Morgan fingerprint density at radius 1 is 1.03 bits per heavy atom. The maximum Gasteiger partial charge on any atom is 0.310 e. The van der Waals surface area contributed by atoms with Gasteiger partial charge in [0.2, 0.25) is 0 Å². The van der Waals surface area contributed by atoms with Gasteiger partial charge in [0.1, 0.15) is 6.10 Å². The number of hydrogen-bond acceptors (Lipinski definition) is 5. The molecule has 0 radical (unpaired) electrons. The Labute approximate surface area is 221 Å². The van der Waals surface area contributed by atoms with E-state index in [0.29, 0.717) is 11.8 Å². The van der Waals surface area contributed by atoms with Gasteiger partial charge < -0.3 is 9.84 Å². The Bertz CT molecular complexity index is 1090. The summed E-state index contributed by atoms with van der Waals surface area (Å²) in [6.45, 7) is 10.7. The summed E-state index contributed by atoms with van der Waals surface area (Å²) >= 11 is 0. The van der Waals surface area contributed by atoms with Crippen molar-refractivity contribution < 1.29 is 14.6 Å². The van der Waals surface area contributed by atoms with Crippen molar-refractivity contribution >= 4 is 5.97 Å². The molecule has 2 aliphatic carbocycles. The molecule has 5 atom stereocenters. The Morgan fingerprint density at radius 2 is 1.65 bits per heavy atom. The highest BCUT2D eigenvalue weighted by Gasteiger charge is 2.55. The lowest BCUT2D eigenvalue weighted by Crippen LogP contribution is -2.57.